The van der Waals surface area contributed by atoms with Crippen molar-refractivity contribution in [3.63, 3.8) is 0 Å². The minimum Gasteiger partial charge on any atom is -0.486 e. The van der Waals surface area contributed by atoms with Crippen molar-refractivity contribution in [1.82, 2.24) is 4.90 Å². The van der Waals surface area contributed by atoms with Gasteiger partial charge in [-0.2, -0.15) is 0 Å². The number of ether oxygens (including phenoxy) is 1. The molecule has 1 heterocycles. The fourth-order valence-corrected chi connectivity index (χ4v) is 4.76. The van der Waals surface area contributed by atoms with E-state index in [0.717, 1.165) is 55.9 Å². The molecule has 1 aliphatic heterocycles. The van der Waals surface area contributed by atoms with E-state index < -0.39 is 11.6 Å². The van der Waals surface area contributed by atoms with Gasteiger partial charge in [0.15, 0.2) is 11.6 Å². The lowest BCUT2D eigenvalue weighted by molar-refractivity contribution is -0.118. The first-order valence-electron chi connectivity index (χ1n) is 12.8. The SMILES string of the molecule is CC(C)C(=O)Nc1cccc(C2CCN(CCC(Oc3ccc(F)c(F)c3)c3ccc(Cl)cc3)CC2)c1. The van der Waals surface area contributed by atoms with E-state index >= 15 is 0 Å². The highest BCUT2D eigenvalue weighted by atomic mass is 35.5. The van der Waals surface area contributed by atoms with Crippen LogP contribution < -0.4 is 10.1 Å². The standard InChI is InChI=1S/C30H33ClF2N2O2/c1-20(2)30(36)34-25-5-3-4-23(18-25)21-12-15-35(16-13-21)17-14-29(22-6-8-24(31)9-7-22)37-26-10-11-27(32)28(33)19-26/h3-11,18-21,29H,12-17H2,1-2H3,(H,34,36). The van der Waals surface area contributed by atoms with Crippen molar-refractivity contribution in [2.75, 3.05) is 25.0 Å². The summed E-state index contributed by atoms with van der Waals surface area (Å²) in [6, 6.07) is 19.2. The van der Waals surface area contributed by atoms with Gasteiger partial charge in [-0.1, -0.05) is 49.7 Å². The summed E-state index contributed by atoms with van der Waals surface area (Å²) >= 11 is 6.07. The van der Waals surface area contributed by atoms with Crippen LogP contribution in [-0.4, -0.2) is 30.4 Å². The zero-order chi connectivity index (χ0) is 26.4. The number of anilines is 1. The second kappa shape index (κ2) is 12.5. The molecule has 196 valence electrons. The summed E-state index contributed by atoms with van der Waals surface area (Å²) in [5.74, 6) is -1.13. The van der Waals surface area contributed by atoms with Gasteiger partial charge in [0.05, 0.1) is 0 Å². The molecule has 4 rings (SSSR count). The molecular formula is C30H33ClF2N2O2. The second-order valence-electron chi connectivity index (χ2n) is 9.91. The van der Waals surface area contributed by atoms with Gasteiger partial charge in [-0.25, -0.2) is 8.78 Å². The van der Waals surface area contributed by atoms with Gasteiger partial charge in [-0.05, 0) is 79.4 Å². The summed E-state index contributed by atoms with van der Waals surface area (Å²) in [6.45, 7) is 6.48. The molecule has 1 unspecified atom stereocenters. The van der Waals surface area contributed by atoms with Crippen LogP contribution in [-0.2, 0) is 4.79 Å². The van der Waals surface area contributed by atoms with E-state index in [9.17, 15) is 13.6 Å². The number of nitrogens with one attached hydrogen (secondary N) is 1. The zero-order valence-corrected chi connectivity index (χ0v) is 22.0. The van der Waals surface area contributed by atoms with Gasteiger partial charge in [0.2, 0.25) is 5.91 Å². The van der Waals surface area contributed by atoms with Crippen molar-refractivity contribution < 1.29 is 18.3 Å². The number of piperidine rings is 1. The third-order valence-corrected chi connectivity index (χ3v) is 7.11. The predicted octanol–water partition coefficient (Wildman–Crippen LogP) is 7.60. The van der Waals surface area contributed by atoms with Crippen LogP contribution in [0.5, 0.6) is 5.75 Å². The number of carbonyl (C=O) groups is 1. The molecule has 0 spiro atoms. The molecule has 1 atom stereocenters. The number of amides is 1. The predicted molar refractivity (Wildman–Crippen MR) is 144 cm³/mol. The Labute approximate surface area is 222 Å². The minimum absolute atomic E-state index is 0.0211. The number of carbonyl (C=O) groups excluding carboxylic acids is 1. The Kier molecular flexibility index (Phi) is 9.17. The smallest absolute Gasteiger partial charge is 0.226 e. The van der Waals surface area contributed by atoms with Gasteiger partial charge in [0.1, 0.15) is 11.9 Å². The highest BCUT2D eigenvalue weighted by Gasteiger charge is 2.23. The Morgan fingerprint density at radius 2 is 1.76 bits per heavy atom. The topological polar surface area (TPSA) is 41.6 Å². The first-order chi connectivity index (χ1) is 17.8. The Balaban J connectivity index is 1.36. The number of hydrogen-bond donors (Lipinski definition) is 1. The van der Waals surface area contributed by atoms with E-state index in [1.54, 1.807) is 0 Å². The summed E-state index contributed by atoms with van der Waals surface area (Å²) in [7, 11) is 0. The van der Waals surface area contributed by atoms with Crippen molar-refractivity contribution in [2.24, 2.45) is 5.92 Å². The van der Waals surface area contributed by atoms with Gasteiger partial charge in [-0.15, -0.1) is 0 Å². The van der Waals surface area contributed by atoms with Crippen molar-refractivity contribution in [3.05, 3.63) is 94.5 Å². The fraction of sp³-hybridized carbons (Fsp3) is 0.367. The quantitative estimate of drug-likeness (QED) is 0.312. The van der Waals surface area contributed by atoms with E-state index in [-0.39, 0.29) is 17.9 Å². The molecular weight excluding hydrogens is 494 g/mol. The number of nitrogens with zero attached hydrogens (tertiary/aromatic N) is 1. The van der Waals surface area contributed by atoms with Crippen molar-refractivity contribution in [2.45, 2.75) is 45.1 Å². The summed E-state index contributed by atoms with van der Waals surface area (Å²) in [5, 5.41) is 3.62. The maximum absolute atomic E-state index is 13.8. The number of hydrogen-bond acceptors (Lipinski definition) is 3. The maximum atomic E-state index is 13.8. The molecule has 0 aliphatic carbocycles. The van der Waals surface area contributed by atoms with Crippen molar-refractivity contribution in [1.29, 1.82) is 0 Å². The van der Waals surface area contributed by atoms with Gasteiger partial charge in [0.25, 0.3) is 0 Å². The van der Waals surface area contributed by atoms with E-state index in [0.29, 0.717) is 23.1 Å². The van der Waals surface area contributed by atoms with E-state index in [2.05, 4.69) is 22.3 Å². The van der Waals surface area contributed by atoms with Crippen LogP contribution in [0.3, 0.4) is 0 Å². The minimum atomic E-state index is -0.928. The first-order valence-corrected chi connectivity index (χ1v) is 13.2. The molecule has 0 radical (unpaired) electrons. The molecule has 3 aromatic carbocycles. The molecule has 4 nitrogen and oxygen atoms in total. The molecule has 37 heavy (non-hydrogen) atoms. The lowest BCUT2D eigenvalue weighted by Crippen LogP contribution is -2.34. The van der Waals surface area contributed by atoms with Crippen molar-refractivity contribution >= 4 is 23.2 Å². The van der Waals surface area contributed by atoms with Gasteiger partial charge in [0, 0.05) is 35.7 Å². The largest absolute Gasteiger partial charge is 0.486 e. The Morgan fingerprint density at radius 3 is 2.43 bits per heavy atom. The van der Waals surface area contributed by atoms with E-state index in [1.165, 1.54) is 11.6 Å². The molecule has 1 amide bonds. The average Bonchev–Trinajstić information content (AvgIpc) is 2.89. The lowest BCUT2D eigenvalue weighted by atomic mass is 9.89. The normalized spacial score (nSPS) is 15.5. The number of likely N-dealkylation sites (tertiary alicyclic amines) is 1. The Hall–Kier alpha value is -2.96. The Bertz CT molecular complexity index is 1190. The molecule has 1 aliphatic rings. The molecule has 7 heteroatoms. The molecule has 0 saturated carbocycles. The summed E-state index contributed by atoms with van der Waals surface area (Å²) < 4.78 is 33.3. The number of benzene rings is 3. The van der Waals surface area contributed by atoms with Gasteiger partial charge >= 0.3 is 0 Å². The highest BCUT2D eigenvalue weighted by Crippen LogP contribution is 2.32. The Morgan fingerprint density at radius 1 is 1.03 bits per heavy atom. The average molecular weight is 527 g/mol. The molecule has 3 aromatic rings. The van der Waals surface area contributed by atoms with E-state index in [4.69, 9.17) is 16.3 Å². The van der Waals surface area contributed by atoms with Crippen LogP contribution in [0.25, 0.3) is 0 Å². The summed E-state index contributed by atoms with van der Waals surface area (Å²) in [4.78, 5) is 14.5. The molecule has 1 saturated heterocycles. The van der Waals surface area contributed by atoms with Gasteiger partial charge in [-0.3, -0.25) is 4.79 Å². The highest BCUT2D eigenvalue weighted by molar-refractivity contribution is 6.30. The zero-order valence-electron chi connectivity index (χ0n) is 21.2. The van der Waals surface area contributed by atoms with Crippen LogP contribution >= 0.6 is 11.6 Å². The third kappa shape index (κ3) is 7.53. The first kappa shape index (κ1) is 27.1. The van der Waals surface area contributed by atoms with Crippen LogP contribution in [0.15, 0.2) is 66.7 Å². The summed E-state index contributed by atoms with van der Waals surface area (Å²) in [6.07, 6.45) is 2.43. The van der Waals surface area contributed by atoms with Crippen LogP contribution in [0.2, 0.25) is 5.02 Å². The van der Waals surface area contributed by atoms with Gasteiger partial charge < -0.3 is 15.0 Å². The van der Waals surface area contributed by atoms with Crippen LogP contribution in [0.1, 0.15) is 56.3 Å². The second-order valence-corrected chi connectivity index (χ2v) is 10.3. The lowest BCUT2D eigenvalue weighted by Gasteiger charge is -2.33. The summed E-state index contributed by atoms with van der Waals surface area (Å²) in [5.41, 5.74) is 3.03. The number of rotatable bonds is 9. The maximum Gasteiger partial charge on any atom is 0.226 e. The molecule has 0 aromatic heterocycles. The molecule has 0 bridgehead atoms. The monoisotopic (exact) mass is 526 g/mol. The number of halogens is 3. The fourth-order valence-electron chi connectivity index (χ4n) is 4.63. The van der Waals surface area contributed by atoms with Crippen LogP contribution in [0, 0.1) is 17.6 Å². The molecule has 1 N–H and O–H groups in total. The third-order valence-electron chi connectivity index (χ3n) is 6.86. The molecule has 1 fully saturated rings. The van der Waals surface area contributed by atoms with Crippen LogP contribution in [0.4, 0.5) is 14.5 Å². The van der Waals surface area contributed by atoms with E-state index in [1.807, 2.05) is 50.2 Å². The van der Waals surface area contributed by atoms with Crippen molar-refractivity contribution in [3.8, 4) is 5.75 Å².